The maximum absolute atomic E-state index is 13.3. The number of aliphatic carboxylic acids is 1. The molecule has 1 aromatic heterocycles. The molecule has 11 nitrogen and oxygen atoms in total. The molecular formula is C36H32N4O7. The maximum Gasteiger partial charge on any atom is 0.426 e. The fourth-order valence-corrected chi connectivity index (χ4v) is 6.03. The minimum atomic E-state index is -1.75. The monoisotopic (exact) mass is 632 g/mol. The Kier molecular flexibility index (Phi) is 8.87. The van der Waals surface area contributed by atoms with Crippen LogP contribution >= 0.6 is 0 Å². The summed E-state index contributed by atoms with van der Waals surface area (Å²) in [5.74, 6) is -3.54. The van der Waals surface area contributed by atoms with E-state index in [4.69, 9.17) is 9.47 Å². The average molecular weight is 633 g/mol. The SMILES string of the molecule is COc1ccc2c(c1)c(CC(NC(=O)C(=O)O)C(=O)NNC(=O)OCC1c3ccccc3-c3ccccc31)cn2Cc1ccccc1. The molecule has 1 aliphatic carbocycles. The molecule has 4 N–H and O–H groups in total. The predicted octanol–water partition coefficient (Wildman–Crippen LogP) is 4.38. The lowest BCUT2D eigenvalue weighted by Crippen LogP contribution is -2.54. The van der Waals surface area contributed by atoms with Crippen molar-refractivity contribution in [2.24, 2.45) is 0 Å². The van der Waals surface area contributed by atoms with Gasteiger partial charge in [-0.15, -0.1) is 0 Å². The molecule has 1 heterocycles. The average Bonchev–Trinajstić information content (AvgIpc) is 3.60. The number of hydrogen-bond donors (Lipinski definition) is 4. The number of hydrazine groups is 1. The fraction of sp³-hybridized carbons (Fsp3) is 0.167. The normalized spacial score (nSPS) is 12.4. The van der Waals surface area contributed by atoms with Crippen LogP contribution in [-0.2, 0) is 32.1 Å². The number of ether oxygens (including phenoxy) is 2. The molecule has 0 radical (unpaired) electrons. The third kappa shape index (κ3) is 6.64. The number of rotatable bonds is 9. The third-order valence-electron chi connectivity index (χ3n) is 8.24. The number of hydrogen-bond acceptors (Lipinski definition) is 6. The van der Waals surface area contributed by atoms with Gasteiger partial charge in [0.15, 0.2) is 0 Å². The summed E-state index contributed by atoms with van der Waals surface area (Å²) < 4.78 is 12.9. The van der Waals surface area contributed by atoms with Crippen molar-refractivity contribution in [2.75, 3.05) is 13.7 Å². The second kappa shape index (κ2) is 13.5. The molecule has 3 amide bonds. The number of nitrogens with zero attached hydrogens (tertiary/aromatic N) is 1. The molecule has 1 aliphatic rings. The van der Waals surface area contributed by atoms with Gasteiger partial charge in [0.05, 0.1) is 7.11 Å². The quantitative estimate of drug-likeness (QED) is 0.139. The van der Waals surface area contributed by atoms with Crippen LogP contribution in [0, 0.1) is 0 Å². The lowest BCUT2D eigenvalue weighted by Gasteiger charge is -2.18. The number of nitrogens with one attached hydrogen (secondary N) is 3. The number of methoxy groups -OCH3 is 1. The summed E-state index contributed by atoms with van der Waals surface area (Å²) in [7, 11) is 1.54. The second-order valence-electron chi connectivity index (χ2n) is 11.1. The molecular weight excluding hydrogens is 600 g/mol. The van der Waals surface area contributed by atoms with Crippen molar-refractivity contribution in [1.82, 2.24) is 20.7 Å². The van der Waals surface area contributed by atoms with Crippen molar-refractivity contribution in [3.8, 4) is 16.9 Å². The summed E-state index contributed by atoms with van der Waals surface area (Å²) in [6.07, 6.45) is 0.860. The Bertz CT molecular complexity index is 1930. The van der Waals surface area contributed by atoms with E-state index >= 15 is 0 Å². The van der Waals surface area contributed by atoms with E-state index < -0.39 is 29.9 Å². The van der Waals surface area contributed by atoms with Gasteiger partial charge in [0.25, 0.3) is 5.91 Å². The number of carboxylic acid groups (broad SMARTS) is 1. The molecule has 0 saturated heterocycles. The Hall–Kier alpha value is -6.10. The summed E-state index contributed by atoms with van der Waals surface area (Å²) in [5, 5.41) is 12.3. The molecule has 0 spiro atoms. The number of fused-ring (bicyclic) bond motifs is 4. The van der Waals surface area contributed by atoms with E-state index in [9.17, 15) is 24.3 Å². The molecule has 6 rings (SSSR count). The molecule has 0 fully saturated rings. The number of benzene rings is 4. The van der Waals surface area contributed by atoms with Gasteiger partial charge in [-0.3, -0.25) is 15.0 Å². The molecule has 47 heavy (non-hydrogen) atoms. The van der Waals surface area contributed by atoms with Crippen LogP contribution in [0.25, 0.3) is 22.0 Å². The Labute approximate surface area is 270 Å². The van der Waals surface area contributed by atoms with Gasteiger partial charge in [-0.25, -0.2) is 15.0 Å². The second-order valence-corrected chi connectivity index (χ2v) is 11.1. The van der Waals surface area contributed by atoms with Crippen LogP contribution in [0.4, 0.5) is 4.79 Å². The molecule has 0 aliphatic heterocycles. The largest absolute Gasteiger partial charge is 0.497 e. The van der Waals surface area contributed by atoms with Crippen molar-refractivity contribution in [2.45, 2.75) is 24.9 Å². The molecule has 238 valence electrons. The topological polar surface area (TPSA) is 148 Å². The molecule has 4 aromatic carbocycles. The zero-order valence-corrected chi connectivity index (χ0v) is 25.4. The van der Waals surface area contributed by atoms with E-state index in [0.29, 0.717) is 17.9 Å². The Balaban J connectivity index is 1.17. The molecule has 1 unspecified atom stereocenters. The van der Waals surface area contributed by atoms with Crippen LogP contribution in [-0.4, -0.2) is 53.3 Å². The summed E-state index contributed by atoms with van der Waals surface area (Å²) >= 11 is 0. The summed E-state index contributed by atoms with van der Waals surface area (Å²) in [6, 6.07) is 29.8. The van der Waals surface area contributed by atoms with E-state index in [1.165, 1.54) is 0 Å². The third-order valence-corrected chi connectivity index (χ3v) is 8.24. The van der Waals surface area contributed by atoms with Gasteiger partial charge in [0.1, 0.15) is 18.4 Å². The maximum atomic E-state index is 13.3. The lowest BCUT2D eigenvalue weighted by molar-refractivity contribution is -0.151. The van der Waals surface area contributed by atoms with Gasteiger partial charge in [-0.1, -0.05) is 78.9 Å². The van der Waals surface area contributed by atoms with E-state index in [1.807, 2.05) is 108 Å². The molecule has 1 atom stereocenters. The first-order chi connectivity index (χ1) is 22.8. The van der Waals surface area contributed by atoms with Crippen LogP contribution < -0.4 is 20.9 Å². The predicted molar refractivity (Wildman–Crippen MR) is 174 cm³/mol. The van der Waals surface area contributed by atoms with Gasteiger partial charge in [0, 0.05) is 36.0 Å². The zero-order chi connectivity index (χ0) is 32.9. The van der Waals surface area contributed by atoms with E-state index in [-0.39, 0.29) is 18.9 Å². The van der Waals surface area contributed by atoms with Crippen molar-refractivity contribution < 1.29 is 33.8 Å². The highest BCUT2D eigenvalue weighted by atomic mass is 16.6. The van der Waals surface area contributed by atoms with E-state index in [1.54, 1.807) is 7.11 Å². The zero-order valence-electron chi connectivity index (χ0n) is 25.4. The Morgan fingerprint density at radius 2 is 1.51 bits per heavy atom. The summed E-state index contributed by atoms with van der Waals surface area (Å²) in [6.45, 7) is 0.559. The molecule has 5 aromatic rings. The molecule has 11 heteroatoms. The Morgan fingerprint density at radius 1 is 0.851 bits per heavy atom. The fourth-order valence-electron chi connectivity index (χ4n) is 6.03. The highest BCUT2D eigenvalue weighted by Crippen LogP contribution is 2.44. The highest BCUT2D eigenvalue weighted by Gasteiger charge is 2.30. The van der Waals surface area contributed by atoms with Crippen LogP contribution in [0.15, 0.2) is 103 Å². The van der Waals surface area contributed by atoms with Gasteiger partial charge in [0.2, 0.25) is 0 Å². The van der Waals surface area contributed by atoms with Crippen LogP contribution in [0.1, 0.15) is 28.2 Å². The minimum Gasteiger partial charge on any atom is -0.497 e. The molecule has 0 saturated carbocycles. The summed E-state index contributed by atoms with van der Waals surface area (Å²) in [4.78, 5) is 49.7. The number of carbonyl (C=O) groups is 4. The van der Waals surface area contributed by atoms with Gasteiger partial charge >= 0.3 is 18.0 Å². The number of carboxylic acids is 1. The van der Waals surface area contributed by atoms with Gasteiger partial charge in [-0.05, 0) is 51.6 Å². The van der Waals surface area contributed by atoms with E-state index in [2.05, 4.69) is 16.2 Å². The minimum absolute atomic E-state index is 0.0255. The van der Waals surface area contributed by atoms with Crippen molar-refractivity contribution >= 4 is 34.8 Å². The van der Waals surface area contributed by atoms with Crippen LogP contribution in [0.3, 0.4) is 0 Å². The standard InChI is InChI=1S/C36H32N4O7/c1-46-24-15-16-32-29(18-24)23(20-40(32)19-22-9-3-2-4-10-22)17-31(37-34(42)35(43)44)33(41)38-39-36(45)47-21-30-27-13-7-5-11-25(27)26-12-6-8-14-28(26)30/h2-16,18,20,30-31H,17,19,21H2,1H3,(H,37,42)(H,38,41)(H,39,45)(H,43,44). The van der Waals surface area contributed by atoms with E-state index in [0.717, 1.165) is 38.7 Å². The first kappa shape index (κ1) is 30.9. The van der Waals surface area contributed by atoms with Gasteiger partial charge in [-0.2, -0.15) is 0 Å². The lowest BCUT2D eigenvalue weighted by atomic mass is 9.98. The van der Waals surface area contributed by atoms with Crippen molar-refractivity contribution in [1.29, 1.82) is 0 Å². The van der Waals surface area contributed by atoms with Crippen molar-refractivity contribution in [3.63, 3.8) is 0 Å². The highest BCUT2D eigenvalue weighted by molar-refractivity contribution is 6.32. The van der Waals surface area contributed by atoms with Gasteiger partial charge < -0.3 is 24.5 Å². The number of amides is 3. The number of carbonyl (C=O) groups excluding carboxylic acids is 3. The summed E-state index contributed by atoms with van der Waals surface area (Å²) in [5.41, 5.74) is 11.3. The molecule has 0 bridgehead atoms. The van der Waals surface area contributed by atoms with Crippen LogP contribution in [0.2, 0.25) is 0 Å². The Morgan fingerprint density at radius 3 is 2.17 bits per heavy atom. The van der Waals surface area contributed by atoms with Crippen molar-refractivity contribution in [3.05, 3.63) is 126 Å². The number of aromatic nitrogens is 1. The smallest absolute Gasteiger partial charge is 0.426 e. The first-order valence-corrected chi connectivity index (χ1v) is 15.0. The first-order valence-electron chi connectivity index (χ1n) is 15.0. The van der Waals surface area contributed by atoms with Crippen LogP contribution in [0.5, 0.6) is 5.75 Å².